The summed E-state index contributed by atoms with van der Waals surface area (Å²) in [4.78, 5) is 38.7. The van der Waals surface area contributed by atoms with Crippen molar-refractivity contribution in [2.24, 2.45) is 0 Å². The number of carbonyl (C=O) groups is 1. The van der Waals surface area contributed by atoms with E-state index < -0.39 is 0 Å². The number of hydrogen-bond acceptors (Lipinski definition) is 5. The van der Waals surface area contributed by atoms with Crippen LogP contribution in [0.4, 0.5) is 5.82 Å². The number of aromatic amines is 1. The molecule has 2 N–H and O–H groups in total. The smallest absolute Gasteiger partial charge is 0.253 e. The maximum absolute atomic E-state index is 13.7. The zero-order valence-electron chi connectivity index (χ0n) is 24.3. The molecule has 0 spiro atoms. The summed E-state index contributed by atoms with van der Waals surface area (Å²) in [5.41, 5.74) is 5.91. The molecule has 3 aromatic heterocycles. The molecule has 40 heavy (non-hydrogen) atoms. The quantitative estimate of drug-likeness (QED) is 0.332. The van der Waals surface area contributed by atoms with Gasteiger partial charge in [0, 0.05) is 78.9 Å². The molecule has 210 valence electrons. The number of pyridine rings is 2. The molecule has 0 atom stereocenters. The molecule has 1 amide bonds. The summed E-state index contributed by atoms with van der Waals surface area (Å²) in [6.07, 6.45) is 5.62. The Hall–Kier alpha value is -3.91. The molecule has 0 bridgehead atoms. The molecule has 4 aromatic rings. The number of nitrogens with zero attached hydrogens (tertiary/aromatic N) is 4. The number of fused-ring (bicyclic) bond motifs is 1. The summed E-state index contributed by atoms with van der Waals surface area (Å²) in [6, 6.07) is 12.5. The van der Waals surface area contributed by atoms with Gasteiger partial charge in [-0.2, -0.15) is 0 Å². The first-order valence-electron chi connectivity index (χ1n) is 14.3. The number of rotatable bonds is 8. The Morgan fingerprint density at radius 1 is 1.07 bits per heavy atom. The normalized spacial score (nSPS) is 14.3. The van der Waals surface area contributed by atoms with E-state index >= 15 is 0 Å². The minimum Gasteiger partial charge on any atom is -0.354 e. The lowest BCUT2D eigenvalue weighted by Gasteiger charge is -2.33. The second-order valence-electron chi connectivity index (χ2n) is 11.2. The summed E-state index contributed by atoms with van der Waals surface area (Å²) in [5, 5.41) is 3.96. The number of H-pyrrole nitrogens is 1. The molecule has 4 heterocycles. The average molecular weight is 541 g/mol. The molecule has 0 radical (unpaired) electrons. The van der Waals surface area contributed by atoms with Crippen LogP contribution in [0.3, 0.4) is 0 Å². The highest BCUT2D eigenvalue weighted by Gasteiger charge is 2.19. The highest BCUT2D eigenvalue weighted by atomic mass is 16.1. The summed E-state index contributed by atoms with van der Waals surface area (Å²) < 4.78 is 2.20. The van der Waals surface area contributed by atoms with Crippen LogP contribution >= 0.6 is 0 Å². The number of piperazine rings is 1. The Labute approximate surface area is 236 Å². The van der Waals surface area contributed by atoms with Crippen LogP contribution in [-0.4, -0.2) is 58.6 Å². The number of aryl methyl sites for hydroxylation is 2. The fraction of sp³-hybridized carbons (Fsp3) is 0.406. The molecule has 1 aliphatic heterocycles. The number of benzene rings is 1. The molecule has 0 saturated carbocycles. The van der Waals surface area contributed by atoms with Gasteiger partial charge >= 0.3 is 0 Å². The first-order valence-corrected chi connectivity index (χ1v) is 14.3. The molecular formula is C32H40N6O2. The molecule has 1 aliphatic rings. The van der Waals surface area contributed by atoms with Gasteiger partial charge in [0.05, 0.1) is 0 Å². The molecule has 8 nitrogen and oxygen atoms in total. The van der Waals surface area contributed by atoms with Crippen molar-refractivity contribution >= 4 is 22.6 Å². The molecule has 8 heteroatoms. The molecule has 1 saturated heterocycles. The van der Waals surface area contributed by atoms with Crippen LogP contribution < -0.4 is 15.8 Å². The third-order valence-corrected chi connectivity index (χ3v) is 7.85. The third-order valence-electron chi connectivity index (χ3n) is 7.85. The van der Waals surface area contributed by atoms with E-state index in [0.29, 0.717) is 11.1 Å². The van der Waals surface area contributed by atoms with E-state index in [0.717, 1.165) is 78.1 Å². The number of hydrogen-bond donors (Lipinski definition) is 2. The van der Waals surface area contributed by atoms with E-state index in [1.54, 1.807) is 0 Å². The predicted octanol–water partition coefficient (Wildman–Crippen LogP) is 4.92. The van der Waals surface area contributed by atoms with Crippen LogP contribution in [0.1, 0.15) is 60.4 Å². The second kappa shape index (κ2) is 11.7. The van der Waals surface area contributed by atoms with Gasteiger partial charge in [-0.25, -0.2) is 4.98 Å². The van der Waals surface area contributed by atoms with Crippen molar-refractivity contribution in [2.75, 3.05) is 38.1 Å². The Morgan fingerprint density at radius 3 is 2.58 bits per heavy atom. The molecule has 5 rings (SSSR count). The van der Waals surface area contributed by atoms with Crippen LogP contribution in [0.25, 0.3) is 22.0 Å². The van der Waals surface area contributed by atoms with E-state index in [-0.39, 0.29) is 24.1 Å². The second-order valence-corrected chi connectivity index (χ2v) is 11.2. The largest absolute Gasteiger partial charge is 0.354 e. The van der Waals surface area contributed by atoms with Crippen molar-refractivity contribution in [3.05, 3.63) is 81.5 Å². The zero-order valence-corrected chi connectivity index (χ0v) is 24.3. The van der Waals surface area contributed by atoms with E-state index in [2.05, 4.69) is 69.6 Å². The highest BCUT2D eigenvalue weighted by molar-refractivity contribution is 6.08. The lowest BCUT2D eigenvalue weighted by molar-refractivity contribution is 0.0952. The van der Waals surface area contributed by atoms with Gasteiger partial charge < -0.3 is 24.7 Å². The minimum absolute atomic E-state index is 0.137. The zero-order chi connectivity index (χ0) is 28.4. The van der Waals surface area contributed by atoms with Gasteiger partial charge in [0.2, 0.25) is 0 Å². The lowest BCUT2D eigenvalue weighted by atomic mass is 9.99. The summed E-state index contributed by atoms with van der Waals surface area (Å²) in [6.45, 7) is 12.3. The maximum atomic E-state index is 13.7. The first kappa shape index (κ1) is 27.6. The monoisotopic (exact) mass is 540 g/mol. The van der Waals surface area contributed by atoms with Crippen molar-refractivity contribution in [2.45, 2.75) is 53.1 Å². The van der Waals surface area contributed by atoms with Crippen molar-refractivity contribution in [3.63, 3.8) is 0 Å². The third kappa shape index (κ3) is 5.68. The fourth-order valence-electron chi connectivity index (χ4n) is 5.61. The summed E-state index contributed by atoms with van der Waals surface area (Å²) in [7, 11) is 2.15. The van der Waals surface area contributed by atoms with Crippen molar-refractivity contribution in [1.29, 1.82) is 0 Å². The number of likely N-dealkylation sites (N-methyl/N-ethyl adjacent to an activating group) is 1. The highest BCUT2D eigenvalue weighted by Crippen LogP contribution is 2.32. The number of aromatic nitrogens is 3. The van der Waals surface area contributed by atoms with Gasteiger partial charge in [0.25, 0.3) is 11.5 Å². The van der Waals surface area contributed by atoms with E-state index in [4.69, 9.17) is 0 Å². The van der Waals surface area contributed by atoms with Crippen LogP contribution in [0.15, 0.2) is 53.6 Å². The topological polar surface area (TPSA) is 86.3 Å². The van der Waals surface area contributed by atoms with E-state index in [1.807, 2.05) is 43.6 Å². The van der Waals surface area contributed by atoms with Crippen LogP contribution in [0, 0.1) is 6.92 Å². The first-order chi connectivity index (χ1) is 19.2. The van der Waals surface area contributed by atoms with Gasteiger partial charge in [-0.15, -0.1) is 0 Å². The van der Waals surface area contributed by atoms with Crippen molar-refractivity contribution in [3.8, 4) is 11.1 Å². The fourth-order valence-corrected chi connectivity index (χ4v) is 5.61. The number of nitrogens with one attached hydrogen (secondary N) is 2. The van der Waals surface area contributed by atoms with E-state index in [9.17, 15) is 9.59 Å². The Kier molecular flexibility index (Phi) is 8.07. The number of anilines is 1. The minimum atomic E-state index is -0.191. The number of amides is 1. The SMILES string of the molecule is CCCc1cc(C)[nH]c(=O)c1CNC(=O)c1cc(-c2ccnc(N3CCN(C)CC3)c2)cc2c1ccn2C(C)C. The molecule has 1 aromatic carbocycles. The van der Waals surface area contributed by atoms with Gasteiger partial charge in [0.1, 0.15) is 5.82 Å². The molecule has 0 unspecified atom stereocenters. The summed E-state index contributed by atoms with van der Waals surface area (Å²) in [5.74, 6) is 0.766. The van der Waals surface area contributed by atoms with Gasteiger partial charge in [0.15, 0.2) is 0 Å². The van der Waals surface area contributed by atoms with Crippen LogP contribution in [0.5, 0.6) is 0 Å². The average Bonchev–Trinajstić information content (AvgIpc) is 3.37. The molecule has 0 aliphatic carbocycles. The Balaban J connectivity index is 1.51. The van der Waals surface area contributed by atoms with Crippen LogP contribution in [0.2, 0.25) is 0 Å². The van der Waals surface area contributed by atoms with Gasteiger partial charge in [-0.05, 0) is 87.3 Å². The standard InChI is InChI=1S/C32H40N6O2/c1-6-7-24-16-22(4)35-32(40)28(24)20-34-31(39)27-17-25(18-29-26(27)9-11-38(29)21(2)3)23-8-10-33-30(19-23)37-14-12-36(5)13-15-37/h8-11,16-19,21H,6-7,12-15,20H2,1-5H3,(H,34,39)(H,35,40). The van der Waals surface area contributed by atoms with Crippen molar-refractivity contribution < 1.29 is 4.79 Å². The molecule has 1 fully saturated rings. The number of carbonyl (C=O) groups excluding carboxylic acids is 1. The summed E-state index contributed by atoms with van der Waals surface area (Å²) >= 11 is 0. The van der Waals surface area contributed by atoms with Gasteiger partial charge in [-0.1, -0.05) is 13.3 Å². The van der Waals surface area contributed by atoms with E-state index in [1.165, 1.54) is 0 Å². The lowest BCUT2D eigenvalue weighted by Crippen LogP contribution is -2.44. The molecular weight excluding hydrogens is 500 g/mol. The van der Waals surface area contributed by atoms with Gasteiger partial charge in [-0.3, -0.25) is 9.59 Å². The van der Waals surface area contributed by atoms with Crippen molar-refractivity contribution in [1.82, 2.24) is 24.8 Å². The maximum Gasteiger partial charge on any atom is 0.253 e. The Bertz CT molecular complexity index is 1580. The predicted molar refractivity (Wildman–Crippen MR) is 162 cm³/mol. The Morgan fingerprint density at radius 2 is 1.85 bits per heavy atom. The van der Waals surface area contributed by atoms with Crippen LogP contribution in [-0.2, 0) is 13.0 Å².